The molecule has 0 atom stereocenters. The van der Waals surface area contributed by atoms with Crippen molar-refractivity contribution in [3.8, 4) is 11.5 Å². The number of ether oxygens (including phenoxy) is 1. The van der Waals surface area contributed by atoms with Crippen molar-refractivity contribution in [2.24, 2.45) is 10.7 Å². The molecule has 0 radical (unpaired) electrons. The lowest BCUT2D eigenvalue weighted by molar-refractivity contribution is 0.482. The number of amidine groups is 1. The van der Waals surface area contributed by atoms with Gasteiger partial charge in [0.05, 0.1) is 17.1 Å². The molecule has 0 unspecified atom stereocenters. The Hall–Kier alpha value is -3.35. The van der Waals surface area contributed by atoms with Gasteiger partial charge in [-0.05, 0) is 54.6 Å². The van der Waals surface area contributed by atoms with Crippen molar-refractivity contribution >= 4 is 47.3 Å². The molecule has 0 aromatic heterocycles. The molecule has 0 saturated carbocycles. The number of anilines is 2. The van der Waals surface area contributed by atoms with E-state index in [2.05, 4.69) is 66.0 Å². The summed E-state index contributed by atoms with van der Waals surface area (Å²) < 4.78 is 6.12. The normalized spacial score (nSPS) is 12.8. The molecule has 4 aromatic rings. The first-order valence-corrected chi connectivity index (χ1v) is 11.4. The minimum Gasteiger partial charge on any atom is -0.457 e. The Balaban J connectivity index is 1.34. The summed E-state index contributed by atoms with van der Waals surface area (Å²) in [6.07, 6.45) is 0. The number of aliphatic imine (C=N–C) groups is 1. The fourth-order valence-corrected chi connectivity index (χ4v) is 5.00. The molecule has 2 N–H and O–H groups in total. The predicted molar refractivity (Wildman–Crippen MR) is 136 cm³/mol. The van der Waals surface area contributed by atoms with Crippen LogP contribution in [0.3, 0.4) is 0 Å². The zero-order valence-corrected chi connectivity index (χ0v) is 19.1. The second kappa shape index (κ2) is 8.65. The number of thiol groups is 1. The maximum atomic E-state index is 6.16. The maximum Gasteiger partial charge on any atom is 0.132 e. The minimum atomic E-state index is 0.430. The van der Waals surface area contributed by atoms with Gasteiger partial charge in [0, 0.05) is 33.4 Å². The first kappa shape index (κ1) is 20.5. The van der Waals surface area contributed by atoms with Gasteiger partial charge in [0.25, 0.3) is 0 Å². The zero-order valence-electron chi connectivity index (χ0n) is 17.4. The number of benzene rings is 4. The lowest BCUT2D eigenvalue weighted by atomic mass is 10.2. The van der Waals surface area contributed by atoms with Crippen molar-refractivity contribution in [1.29, 1.82) is 0 Å². The van der Waals surface area contributed by atoms with E-state index in [0.29, 0.717) is 5.84 Å². The van der Waals surface area contributed by atoms with Crippen LogP contribution in [-0.4, -0.2) is 12.9 Å². The highest BCUT2D eigenvalue weighted by Gasteiger charge is 2.20. The van der Waals surface area contributed by atoms with Crippen molar-refractivity contribution < 1.29 is 4.74 Å². The SMILES string of the molecule is CN1c2ccccc2Sc2ccc(Oc3ccc(N=C(N)c4ccccc4S)cc3)cc21. The fourth-order valence-electron chi connectivity index (χ4n) is 3.59. The highest BCUT2D eigenvalue weighted by molar-refractivity contribution is 7.99. The van der Waals surface area contributed by atoms with E-state index in [9.17, 15) is 0 Å². The van der Waals surface area contributed by atoms with Crippen molar-refractivity contribution in [2.75, 3.05) is 11.9 Å². The molecule has 0 aliphatic carbocycles. The number of para-hydroxylation sites is 1. The molecule has 1 aliphatic heterocycles. The molecule has 4 aromatic carbocycles. The highest BCUT2D eigenvalue weighted by Crippen LogP contribution is 2.48. The van der Waals surface area contributed by atoms with Gasteiger partial charge < -0.3 is 15.4 Å². The summed E-state index contributed by atoms with van der Waals surface area (Å²) in [4.78, 5) is 9.98. The van der Waals surface area contributed by atoms with E-state index < -0.39 is 0 Å². The molecule has 0 spiro atoms. The predicted octanol–water partition coefficient (Wildman–Crippen LogP) is 7.04. The van der Waals surface area contributed by atoms with Gasteiger partial charge >= 0.3 is 0 Å². The number of hydrogen-bond donors (Lipinski definition) is 2. The van der Waals surface area contributed by atoms with Crippen LogP contribution in [0.15, 0.2) is 111 Å². The number of hydrogen-bond acceptors (Lipinski definition) is 5. The molecular formula is C26H21N3OS2. The molecule has 32 heavy (non-hydrogen) atoms. The first-order chi connectivity index (χ1) is 15.6. The van der Waals surface area contributed by atoms with Crippen LogP contribution in [0.25, 0.3) is 0 Å². The Bertz CT molecular complexity index is 1320. The number of nitrogens with zero attached hydrogens (tertiary/aromatic N) is 2. The van der Waals surface area contributed by atoms with Gasteiger partial charge in [-0.25, -0.2) is 4.99 Å². The van der Waals surface area contributed by atoms with E-state index in [0.717, 1.165) is 33.3 Å². The van der Waals surface area contributed by atoms with Crippen molar-refractivity contribution in [3.05, 3.63) is 96.6 Å². The van der Waals surface area contributed by atoms with Crippen molar-refractivity contribution in [2.45, 2.75) is 14.7 Å². The van der Waals surface area contributed by atoms with E-state index in [4.69, 9.17) is 10.5 Å². The van der Waals surface area contributed by atoms with Gasteiger partial charge in [0.2, 0.25) is 0 Å². The monoisotopic (exact) mass is 455 g/mol. The standard InChI is InChI=1S/C26H21N3OS2/c1-29-21-7-3-5-9-24(21)32-25-15-14-19(16-22(25)29)30-18-12-10-17(11-13-18)28-26(27)20-6-2-4-8-23(20)31/h2-16,31H,1H3,(H2,27,28). The number of rotatable bonds is 4. The topological polar surface area (TPSA) is 50.8 Å². The minimum absolute atomic E-state index is 0.430. The Kier molecular flexibility index (Phi) is 5.55. The van der Waals surface area contributed by atoms with Gasteiger partial charge in [-0.2, -0.15) is 0 Å². The highest BCUT2D eigenvalue weighted by atomic mass is 32.2. The molecule has 0 saturated heterocycles. The van der Waals surface area contributed by atoms with Crippen LogP contribution in [-0.2, 0) is 0 Å². The second-order valence-corrected chi connectivity index (χ2v) is 8.93. The average Bonchev–Trinajstić information content (AvgIpc) is 2.81. The van der Waals surface area contributed by atoms with Gasteiger partial charge in [-0.1, -0.05) is 42.1 Å². The van der Waals surface area contributed by atoms with Crippen molar-refractivity contribution in [1.82, 2.24) is 0 Å². The molecule has 0 fully saturated rings. The summed E-state index contributed by atoms with van der Waals surface area (Å²) in [5, 5.41) is 0. The summed E-state index contributed by atoms with van der Waals surface area (Å²) >= 11 is 6.22. The van der Waals surface area contributed by atoms with E-state index in [1.807, 2.05) is 54.6 Å². The Labute approximate surface area is 197 Å². The van der Waals surface area contributed by atoms with Gasteiger partial charge in [0.1, 0.15) is 17.3 Å². The molecule has 158 valence electrons. The molecule has 0 bridgehead atoms. The van der Waals surface area contributed by atoms with Gasteiger partial charge in [-0.3, -0.25) is 0 Å². The van der Waals surface area contributed by atoms with E-state index in [1.165, 1.54) is 15.5 Å². The van der Waals surface area contributed by atoms with Gasteiger partial charge in [0.15, 0.2) is 0 Å². The molecule has 4 nitrogen and oxygen atoms in total. The summed E-state index contributed by atoms with van der Waals surface area (Å²) in [6, 6.07) is 29.8. The van der Waals surface area contributed by atoms with E-state index in [1.54, 1.807) is 11.8 Å². The largest absolute Gasteiger partial charge is 0.457 e. The molecule has 5 rings (SSSR count). The number of fused-ring (bicyclic) bond motifs is 2. The lowest BCUT2D eigenvalue weighted by Gasteiger charge is -2.29. The van der Waals surface area contributed by atoms with Crippen LogP contribution in [0.1, 0.15) is 5.56 Å². The Morgan fingerprint density at radius 1 is 0.844 bits per heavy atom. The summed E-state index contributed by atoms with van der Waals surface area (Å²) in [5.74, 6) is 1.96. The molecule has 1 aliphatic rings. The third-order valence-electron chi connectivity index (χ3n) is 5.24. The van der Waals surface area contributed by atoms with Crippen LogP contribution in [0.2, 0.25) is 0 Å². The van der Waals surface area contributed by atoms with Crippen LogP contribution in [0.5, 0.6) is 11.5 Å². The first-order valence-electron chi connectivity index (χ1n) is 10.1. The Morgan fingerprint density at radius 2 is 1.53 bits per heavy atom. The van der Waals surface area contributed by atoms with E-state index in [-0.39, 0.29) is 0 Å². The van der Waals surface area contributed by atoms with E-state index >= 15 is 0 Å². The summed E-state index contributed by atoms with van der Waals surface area (Å²) in [5.41, 5.74) is 10.1. The smallest absolute Gasteiger partial charge is 0.132 e. The van der Waals surface area contributed by atoms with Crippen LogP contribution < -0.4 is 15.4 Å². The third kappa shape index (κ3) is 4.07. The maximum absolute atomic E-state index is 6.16. The molecular weight excluding hydrogens is 434 g/mol. The summed E-state index contributed by atoms with van der Waals surface area (Å²) in [7, 11) is 2.08. The van der Waals surface area contributed by atoms with Gasteiger partial charge in [-0.15, -0.1) is 12.6 Å². The molecule has 1 heterocycles. The van der Waals surface area contributed by atoms with Crippen LogP contribution >= 0.6 is 24.4 Å². The molecule has 6 heteroatoms. The second-order valence-electron chi connectivity index (χ2n) is 7.37. The lowest BCUT2D eigenvalue weighted by Crippen LogP contribution is -2.14. The quantitative estimate of drug-likeness (QED) is 0.197. The Morgan fingerprint density at radius 3 is 2.34 bits per heavy atom. The van der Waals surface area contributed by atoms with Crippen LogP contribution in [0.4, 0.5) is 17.1 Å². The zero-order chi connectivity index (χ0) is 22.1. The van der Waals surface area contributed by atoms with Crippen molar-refractivity contribution in [3.63, 3.8) is 0 Å². The fraction of sp³-hybridized carbons (Fsp3) is 0.0385. The summed E-state index contributed by atoms with van der Waals surface area (Å²) in [6.45, 7) is 0. The number of nitrogens with two attached hydrogens (primary N) is 1. The molecule has 0 amide bonds. The average molecular weight is 456 g/mol. The van der Waals surface area contributed by atoms with Crippen LogP contribution in [0, 0.1) is 0 Å². The third-order valence-corrected chi connectivity index (χ3v) is 6.76.